The van der Waals surface area contributed by atoms with Crippen LogP contribution in [0.25, 0.3) is 11.1 Å². The van der Waals surface area contributed by atoms with E-state index in [0.29, 0.717) is 0 Å². The first-order valence-corrected chi connectivity index (χ1v) is 5.52. The second-order valence-corrected chi connectivity index (χ2v) is 3.94. The molecule has 0 aliphatic carbocycles. The average molecular weight is 229 g/mol. The van der Waals surface area contributed by atoms with Gasteiger partial charge in [-0.1, -0.05) is 18.2 Å². The van der Waals surface area contributed by atoms with Crippen LogP contribution in [0.15, 0.2) is 47.4 Å². The van der Waals surface area contributed by atoms with Gasteiger partial charge in [0.1, 0.15) is 0 Å². The van der Waals surface area contributed by atoms with Gasteiger partial charge in [0.15, 0.2) is 0 Å². The fourth-order valence-electron chi connectivity index (χ4n) is 1.70. The minimum atomic E-state index is -0.0878. The molecule has 0 spiro atoms. The molecule has 0 unspecified atom stereocenters. The molecule has 1 aromatic heterocycles. The van der Waals surface area contributed by atoms with Crippen LogP contribution in [0.4, 0.5) is 0 Å². The predicted octanol–water partition coefficient (Wildman–Crippen LogP) is 2.75. The molecule has 17 heavy (non-hydrogen) atoms. The largest absolute Gasteiger partial charge is 0.377 e. The van der Waals surface area contributed by atoms with Gasteiger partial charge >= 0.3 is 0 Å². The smallest absolute Gasteiger partial charge is 0.247 e. The maximum Gasteiger partial charge on any atom is 0.247 e. The monoisotopic (exact) mass is 229 g/mol. The lowest BCUT2D eigenvalue weighted by atomic mass is 10.0. The fourth-order valence-corrected chi connectivity index (χ4v) is 1.70. The third kappa shape index (κ3) is 2.63. The minimum absolute atomic E-state index is 0.0673. The summed E-state index contributed by atoms with van der Waals surface area (Å²) < 4.78 is 5.29. The lowest BCUT2D eigenvalue weighted by molar-refractivity contribution is 0.119. The zero-order chi connectivity index (χ0) is 12.3. The van der Waals surface area contributed by atoms with Gasteiger partial charge in [-0.05, 0) is 35.7 Å². The molecule has 3 nitrogen and oxygen atoms in total. The second-order valence-electron chi connectivity index (χ2n) is 3.94. The Morgan fingerprint density at radius 3 is 2.65 bits per heavy atom. The van der Waals surface area contributed by atoms with Gasteiger partial charge in [-0.25, -0.2) is 0 Å². The van der Waals surface area contributed by atoms with E-state index >= 15 is 0 Å². The quantitative estimate of drug-likeness (QED) is 0.879. The van der Waals surface area contributed by atoms with Crippen LogP contribution in [0, 0.1) is 0 Å². The average Bonchev–Trinajstić information content (AvgIpc) is 2.39. The summed E-state index contributed by atoms with van der Waals surface area (Å²) in [6.45, 7) is 2.01. The summed E-state index contributed by atoms with van der Waals surface area (Å²) in [6, 6.07) is 11.5. The molecule has 2 rings (SSSR count). The zero-order valence-corrected chi connectivity index (χ0v) is 9.94. The van der Waals surface area contributed by atoms with E-state index in [1.165, 1.54) is 6.07 Å². The lowest BCUT2D eigenvalue weighted by Crippen LogP contribution is -2.01. The third-order valence-corrected chi connectivity index (χ3v) is 2.83. The molecule has 88 valence electrons. The highest BCUT2D eigenvalue weighted by Crippen LogP contribution is 2.23. The standard InChI is InChI=1S/C14H15NO2/c1-10(17-2)11-4-3-5-12(8-11)13-6-7-14(16)15-9-13/h3-10H,1-2H3,(H,15,16)/t10-/m1/s1. The predicted molar refractivity (Wildman–Crippen MR) is 67.9 cm³/mol. The molecule has 1 heterocycles. The number of nitrogens with one attached hydrogen (secondary N) is 1. The maximum atomic E-state index is 11.0. The van der Waals surface area contributed by atoms with Crippen LogP contribution < -0.4 is 5.56 Å². The number of hydrogen-bond donors (Lipinski definition) is 1. The fraction of sp³-hybridized carbons (Fsp3) is 0.214. The van der Waals surface area contributed by atoms with E-state index in [2.05, 4.69) is 11.1 Å². The Balaban J connectivity index is 2.39. The number of hydrogen-bond acceptors (Lipinski definition) is 2. The number of pyridine rings is 1. The number of aromatic amines is 1. The zero-order valence-electron chi connectivity index (χ0n) is 9.94. The minimum Gasteiger partial charge on any atom is -0.377 e. The van der Waals surface area contributed by atoms with Crippen molar-refractivity contribution < 1.29 is 4.74 Å². The first-order chi connectivity index (χ1) is 8.20. The second kappa shape index (κ2) is 4.97. The Morgan fingerprint density at radius 1 is 1.18 bits per heavy atom. The maximum absolute atomic E-state index is 11.0. The number of aromatic nitrogens is 1. The Hall–Kier alpha value is -1.87. The first-order valence-electron chi connectivity index (χ1n) is 5.52. The molecule has 0 saturated carbocycles. The third-order valence-electron chi connectivity index (χ3n) is 2.83. The molecule has 3 heteroatoms. The van der Waals surface area contributed by atoms with Crippen LogP contribution in [-0.2, 0) is 4.74 Å². The highest BCUT2D eigenvalue weighted by Gasteiger charge is 2.05. The topological polar surface area (TPSA) is 42.1 Å². The summed E-state index contributed by atoms with van der Waals surface area (Å²) in [6.07, 6.45) is 1.79. The van der Waals surface area contributed by atoms with Crippen molar-refractivity contribution in [2.45, 2.75) is 13.0 Å². The molecule has 0 fully saturated rings. The lowest BCUT2D eigenvalue weighted by Gasteiger charge is -2.11. The Morgan fingerprint density at radius 2 is 2.00 bits per heavy atom. The van der Waals surface area contributed by atoms with Crippen LogP contribution in [-0.4, -0.2) is 12.1 Å². The molecule has 0 amide bonds. The van der Waals surface area contributed by atoms with Crippen molar-refractivity contribution >= 4 is 0 Å². The molecule has 0 aliphatic heterocycles. The number of methoxy groups -OCH3 is 1. The van der Waals surface area contributed by atoms with Crippen LogP contribution in [0.5, 0.6) is 0 Å². The van der Waals surface area contributed by atoms with E-state index in [1.54, 1.807) is 13.3 Å². The van der Waals surface area contributed by atoms with Gasteiger partial charge in [-0.2, -0.15) is 0 Å². The molecular formula is C14H15NO2. The van der Waals surface area contributed by atoms with E-state index in [-0.39, 0.29) is 11.7 Å². The van der Waals surface area contributed by atoms with Crippen molar-refractivity contribution in [2.24, 2.45) is 0 Å². The van der Waals surface area contributed by atoms with E-state index < -0.39 is 0 Å². The normalized spacial score (nSPS) is 12.4. The Bertz CT molecular complexity index is 540. The van der Waals surface area contributed by atoms with Gasteiger partial charge in [0.05, 0.1) is 6.10 Å². The van der Waals surface area contributed by atoms with Gasteiger partial charge in [0.2, 0.25) is 5.56 Å². The molecule has 1 N–H and O–H groups in total. The van der Waals surface area contributed by atoms with Crippen molar-refractivity contribution in [3.63, 3.8) is 0 Å². The summed E-state index contributed by atoms with van der Waals surface area (Å²) >= 11 is 0. The molecule has 0 saturated heterocycles. The van der Waals surface area contributed by atoms with Gasteiger partial charge in [-0.15, -0.1) is 0 Å². The van der Waals surface area contributed by atoms with Gasteiger partial charge in [0.25, 0.3) is 0 Å². The molecule has 0 bridgehead atoms. The summed E-state index contributed by atoms with van der Waals surface area (Å²) in [4.78, 5) is 13.7. The van der Waals surface area contributed by atoms with E-state index in [9.17, 15) is 4.79 Å². The van der Waals surface area contributed by atoms with Gasteiger partial charge < -0.3 is 9.72 Å². The summed E-state index contributed by atoms with van der Waals surface area (Å²) in [5.41, 5.74) is 3.10. The number of rotatable bonds is 3. The van der Waals surface area contributed by atoms with Gasteiger partial charge in [0, 0.05) is 19.4 Å². The summed E-state index contributed by atoms with van der Waals surface area (Å²) in [5, 5.41) is 0. The summed E-state index contributed by atoms with van der Waals surface area (Å²) in [7, 11) is 1.69. The first kappa shape index (κ1) is 11.6. The van der Waals surface area contributed by atoms with E-state index in [0.717, 1.165) is 16.7 Å². The molecular weight excluding hydrogens is 214 g/mol. The van der Waals surface area contributed by atoms with Crippen molar-refractivity contribution in [3.05, 3.63) is 58.5 Å². The molecule has 1 atom stereocenters. The van der Waals surface area contributed by atoms with Crippen LogP contribution in [0.2, 0.25) is 0 Å². The Kier molecular flexibility index (Phi) is 3.40. The molecule has 2 aromatic rings. The SMILES string of the molecule is CO[C@H](C)c1cccc(-c2ccc(=O)[nH]c2)c1. The number of ether oxygens (including phenoxy) is 1. The Labute approximate surface area is 100 Å². The highest BCUT2D eigenvalue weighted by atomic mass is 16.5. The molecule has 0 radical (unpaired) electrons. The molecule has 1 aromatic carbocycles. The van der Waals surface area contributed by atoms with Crippen molar-refractivity contribution in [3.8, 4) is 11.1 Å². The van der Waals surface area contributed by atoms with Crippen molar-refractivity contribution in [1.82, 2.24) is 4.98 Å². The summed E-state index contributed by atoms with van der Waals surface area (Å²) in [5.74, 6) is 0. The van der Waals surface area contributed by atoms with Crippen LogP contribution >= 0.6 is 0 Å². The number of H-pyrrole nitrogens is 1. The van der Waals surface area contributed by atoms with E-state index in [4.69, 9.17) is 4.74 Å². The highest BCUT2D eigenvalue weighted by molar-refractivity contribution is 5.63. The van der Waals surface area contributed by atoms with Crippen LogP contribution in [0.1, 0.15) is 18.6 Å². The van der Waals surface area contributed by atoms with E-state index in [1.807, 2.05) is 31.2 Å². The van der Waals surface area contributed by atoms with Crippen molar-refractivity contribution in [2.75, 3.05) is 7.11 Å². The van der Waals surface area contributed by atoms with Gasteiger partial charge in [-0.3, -0.25) is 4.79 Å². The number of benzene rings is 1. The van der Waals surface area contributed by atoms with Crippen LogP contribution in [0.3, 0.4) is 0 Å². The molecule has 0 aliphatic rings. The van der Waals surface area contributed by atoms with Crippen molar-refractivity contribution in [1.29, 1.82) is 0 Å².